The van der Waals surface area contributed by atoms with E-state index in [9.17, 15) is 9.59 Å². The molecule has 12 heavy (non-hydrogen) atoms. The Morgan fingerprint density at radius 3 is 2.58 bits per heavy atom. The zero-order valence-electron chi connectivity index (χ0n) is 6.62. The Balaban J connectivity index is 2.97. The number of ketones is 1. The molecule has 1 amide bonds. The van der Waals surface area contributed by atoms with Crippen LogP contribution in [0.25, 0.3) is 0 Å². The molecule has 0 aliphatic carbocycles. The van der Waals surface area contributed by atoms with Crippen LogP contribution in [0, 0.1) is 0 Å². The van der Waals surface area contributed by atoms with E-state index in [4.69, 9.17) is 10.5 Å². The topological polar surface area (TPSA) is 69.4 Å². The molecule has 1 fully saturated rings. The minimum absolute atomic E-state index is 0.0162. The van der Waals surface area contributed by atoms with Gasteiger partial charge in [-0.2, -0.15) is 0 Å². The van der Waals surface area contributed by atoms with Gasteiger partial charge in [-0.1, -0.05) is 11.8 Å². The summed E-state index contributed by atoms with van der Waals surface area (Å²) in [6.07, 6.45) is 0. The van der Waals surface area contributed by atoms with Gasteiger partial charge in [0.25, 0.3) is 5.91 Å². The van der Waals surface area contributed by atoms with Crippen LogP contribution in [0.2, 0.25) is 0 Å². The van der Waals surface area contributed by atoms with Crippen LogP contribution in [-0.2, 0) is 14.3 Å². The van der Waals surface area contributed by atoms with Gasteiger partial charge >= 0.3 is 0 Å². The summed E-state index contributed by atoms with van der Waals surface area (Å²) >= 11 is 1.34. The Kier molecular flexibility index (Phi) is 2.75. The van der Waals surface area contributed by atoms with Crippen LogP contribution in [0.5, 0.6) is 0 Å². The molecular weight excluding hydrogens is 178 g/mol. The van der Waals surface area contributed by atoms with E-state index in [0.717, 1.165) is 5.75 Å². The van der Waals surface area contributed by atoms with E-state index in [1.54, 1.807) is 0 Å². The molecular formula is C7H9NO3S. The zero-order chi connectivity index (χ0) is 9.14. The minimum Gasteiger partial charge on any atom is -0.486 e. The molecule has 0 radical (unpaired) electrons. The summed E-state index contributed by atoms with van der Waals surface area (Å²) in [5.74, 6) is -0.293. The van der Waals surface area contributed by atoms with Gasteiger partial charge in [0.05, 0.1) is 6.61 Å². The predicted octanol–water partition coefficient (Wildman–Crippen LogP) is 0.0357. The quantitative estimate of drug-likeness (QED) is 0.376. The molecule has 0 atom stereocenters. The first-order valence-corrected chi connectivity index (χ1v) is 4.42. The molecule has 0 bridgehead atoms. The Morgan fingerprint density at radius 1 is 1.58 bits per heavy atom. The summed E-state index contributed by atoms with van der Waals surface area (Å²) in [5.41, 5.74) is 4.99. The maximum absolute atomic E-state index is 10.9. The largest absolute Gasteiger partial charge is 0.486 e. The third-order valence-corrected chi connectivity index (χ3v) is 2.31. The van der Waals surface area contributed by atoms with Crippen molar-refractivity contribution in [3.63, 3.8) is 0 Å². The van der Waals surface area contributed by atoms with Crippen molar-refractivity contribution in [2.45, 2.75) is 6.92 Å². The molecule has 2 N–H and O–H groups in total. The van der Waals surface area contributed by atoms with Gasteiger partial charge < -0.3 is 10.5 Å². The second-order valence-electron chi connectivity index (χ2n) is 2.28. The van der Waals surface area contributed by atoms with Crippen LogP contribution < -0.4 is 5.73 Å². The van der Waals surface area contributed by atoms with Crippen molar-refractivity contribution >= 4 is 23.5 Å². The molecule has 1 aliphatic heterocycles. The van der Waals surface area contributed by atoms with Gasteiger partial charge in [0, 0.05) is 5.75 Å². The number of hydrogen-bond donors (Lipinski definition) is 1. The van der Waals surface area contributed by atoms with E-state index < -0.39 is 5.91 Å². The lowest BCUT2D eigenvalue weighted by Crippen LogP contribution is -2.20. The van der Waals surface area contributed by atoms with Crippen molar-refractivity contribution < 1.29 is 14.3 Å². The van der Waals surface area contributed by atoms with Crippen molar-refractivity contribution in [3.05, 3.63) is 10.7 Å². The predicted molar refractivity (Wildman–Crippen MR) is 45.3 cm³/mol. The van der Waals surface area contributed by atoms with Crippen LogP contribution in [0.3, 0.4) is 0 Å². The molecule has 0 aromatic carbocycles. The highest BCUT2D eigenvalue weighted by Gasteiger charge is 2.22. The Hall–Kier alpha value is -0.970. The number of rotatable bonds is 2. The molecule has 1 saturated heterocycles. The number of hydrogen-bond acceptors (Lipinski definition) is 4. The first kappa shape index (κ1) is 9.12. The van der Waals surface area contributed by atoms with E-state index in [0.29, 0.717) is 11.7 Å². The molecule has 0 aromatic heterocycles. The highest BCUT2D eigenvalue weighted by atomic mass is 32.2. The fourth-order valence-corrected chi connectivity index (χ4v) is 1.78. The third-order valence-electron chi connectivity index (χ3n) is 1.35. The number of nitrogens with two attached hydrogens (primary N) is 1. The third kappa shape index (κ3) is 1.79. The van der Waals surface area contributed by atoms with Crippen LogP contribution in [0.1, 0.15) is 6.92 Å². The zero-order valence-corrected chi connectivity index (χ0v) is 7.44. The number of carbonyl (C=O) groups excluding carboxylic acids is 2. The van der Waals surface area contributed by atoms with Gasteiger partial charge in [-0.05, 0) is 6.92 Å². The maximum Gasteiger partial charge on any atom is 0.256 e. The van der Waals surface area contributed by atoms with Gasteiger partial charge in [-0.25, -0.2) is 0 Å². The lowest BCUT2D eigenvalue weighted by molar-refractivity contribution is -0.120. The van der Waals surface area contributed by atoms with Crippen LogP contribution in [-0.4, -0.2) is 24.1 Å². The summed E-state index contributed by atoms with van der Waals surface area (Å²) in [6.45, 7) is 1.83. The highest BCUT2D eigenvalue weighted by molar-refractivity contribution is 8.03. The van der Waals surface area contributed by atoms with E-state index in [-0.39, 0.29) is 11.4 Å². The molecule has 5 heteroatoms. The van der Waals surface area contributed by atoms with Crippen LogP contribution in [0.15, 0.2) is 10.7 Å². The fraction of sp³-hybridized carbons (Fsp3) is 0.429. The SMILES string of the molecule is CC(=O)/C(C(N)=O)=C1\OCCS1. The number of carbonyl (C=O) groups is 2. The van der Waals surface area contributed by atoms with Gasteiger partial charge in [0.15, 0.2) is 10.9 Å². The molecule has 1 heterocycles. The highest BCUT2D eigenvalue weighted by Crippen LogP contribution is 2.27. The second-order valence-corrected chi connectivity index (χ2v) is 3.35. The van der Waals surface area contributed by atoms with E-state index in [2.05, 4.69) is 0 Å². The second kappa shape index (κ2) is 3.62. The van der Waals surface area contributed by atoms with E-state index >= 15 is 0 Å². The smallest absolute Gasteiger partial charge is 0.256 e. The van der Waals surface area contributed by atoms with Gasteiger partial charge in [0.1, 0.15) is 5.57 Å². The molecule has 0 saturated carbocycles. The lowest BCUT2D eigenvalue weighted by atomic mass is 10.2. The summed E-state index contributed by atoms with van der Waals surface area (Å²) < 4.78 is 5.06. The molecule has 66 valence electrons. The average Bonchev–Trinajstić information content (AvgIpc) is 2.37. The first-order chi connectivity index (χ1) is 5.63. The normalized spacial score (nSPS) is 20.1. The molecule has 0 aromatic rings. The Labute approximate surface area is 74.1 Å². The van der Waals surface area contributed by atoms with Crippen molar-refractivity contribution in [1.29, 1.82) is 0 Å². The summed E-state index contributed by atoms with van der Waals surface area (Å²) in [5, 5.41) is 0.370. The molecule has 0 spiro atoms. The number of thioether (sulfide) groups is 1. The summed E-state index contributed by atoms with van der Waals surface area (Å²) in [4.78, 5) is 21.7. The van der Waals surface area contributed by atoms with Gasteiger partial charge in [-0.15, -0.1) is 0 Å². The van der Waals surface area contributed by atoms with Gasteiger partial charge in [-0.3, -0.25) is 9.59 Å². The molecule has 4 nitrogen and oxygen atoms in total. The molecule has 0 unspecified atom stereocenters. The number of primary amides is 1. The van der Waals surface area contributed by atoms with Crippen molar-refractivity contribution in [1.82, 2.24) is 0 Å². The Morgan fingerprint density at radius 2 is 2.25 bits per heavy atom. The average molecular weight is 187 g/mol. The lowest BCUT2D eigenvalue weighted by Gasteiger charge is -2.01. The van der Waals surface area contributed by atoms with Crippen molar-refractivity contribution in [2.75, 3.05) is 12.4 Å². The first-order valence-electron chi connectivity index (χ1n) is 3.43. The molecule has 1 aliphatic rings. The minimum atomic E-state index is -0.716. The number of ether oxygens (including phenoxy) is 1. The Bertz CT molecular complexity index is 235. The van der Waals surface area contributed by atoms with E-state index in [1.807, 2.05) is 0 Å². The van der Waals surface area contributed by atoms with Gasteiger partial charge in [0.2, 0.25) is 0 Å². The van der Waals surface area contributed by atoms with Crippen molar-refractivity contribution in [3.8, 4) is 0 Å². The fourth-order valence-electron chi connectivity index (χ4n) is 0.873. The summed E-state index contributed by atoms with van der Waals surface area (Å²) in [7, 11) is 0. The monoisotopic (exact) mass is 187 g/mol. The van der Waals surface area contributed by atoms with E-state index in [1.165, 1.54) is 18.7 Å². The molecule has 1 rings (SSSR count). The van der Waals surface area contributed by atoms with Crippen LogP contribution in [0.4, 0.5) is 0 Å². The number of amides is 1. The standard InChI is InChI=1S/C7H9NO3S/c1-4(9)5(6(8)10)7-11-2-3-12-7/h2-3H2,1H3,(H2,8,10)/b7-5-. The maximum atomic E-state index is 10.9. The summed E-state index contributed by atoms with van der Waals surface area (Å²) in [6, 6.07) is 0. The van der Waals surface area contributed by atoms with Crippen LogP contribution >= 0.6 is 11.8 Å². The number of Topliss-reactive ketones (excluding diaryl/α,β-unsaturated/α-hetero) is 1. The van der Waals surface area contributed by atoms with Crippen molar-refractivity contribution in [2.24, 2.45) is 5.73 Å².